The Kier molecular flexibility index (Phi) is 4.84. The summed E-state index contributed by atoms with van der Waals surface area (Å²) in [5.74, 6) is -4.91. The van der Waals surface area contributed by atoms with Crippen LogP contribution in [-0.2, 0) is 16.6 Å². The fraction of sp³-hybridized carbons (Fsp3) is 0.500. The number of carbonyl (C=O) groups is 1. The third-order valence-electron chi connectivity index (χ3n) is 2.49. The summed E-state index contributed by atoms with van der Waals surface area (Å²) < 4.78 is 51.9. The van der Waals surface area contributed by atoms with Crippen LogP contribution in [0.1, 0.15) is 17.4 Å². The Balaban J connectivity index is 3.02. The van der Waals surface area contributed by atoms with Crippen LogP contribution in [0.3, 0.4) is 0 Å². The number of aromatic nitrogens is 1. The standard InChI is InChI=1S/C10H14F2N2O5S/c1-2-14-4-7(3-8(14)9(16)17)20(18,19)13-5-10(11,12)6-15/h3-4,13,15H,2,5-6H2,1H3,(H,16,17). The first-order valence-corrected chi connectivity index (χ1v) is 7.03. The molecule has 1 aromatic rings. The minimum atomic E-state index is -4.27. The summed E-state index contributed by atoms with van der Waals surface area (Å²) in [6.07, 6.45) is 1.04. The molecular weight excluding hydrogens is 298 g/mol. The highest BCUT2D eigenvalue weighted by molar-refractivity contribution is 7.89. The Bertz CT molecular complexity index is 597. The van der Waals surface area contributed by atoms with E-state index >= 15 is 0 Å². The minimum absolute atomic E-state index is 0.212. The van der Waals surface area contributed by atoms with Crippen LogP contribution in [0.2, 0.25) is 0 Å². The molecule has 7 nitrogen and oxygen atoms in total. The Morgan fingerprint density at radius 2 is 2.10 bits per heavy atom. The van der Waals surface area contributed by atoms with Gasteiger partial charge in [-0.1, -0.05) is 0 Å². The van der Waals surface area contributed by atoms with E-state index in [2.05, 4.69) is 0 Å². The molecule has 0 spiro atoms. The average molecular weight is 312 g/mol. The summed E-state index contributed by atoms with van der Waals surface area (Å²) in [5, 5.41) is 17.2. The summed E-state index contributed by atoms with van der Waals surface area (Å²) in [4.78, 5) is 10.5. The van der Waals surface area contributed by atoms with E-state index in [0.717, 1.165) is 12.3 Å². The molecule has 0 saturated heterocycles. The molecule has 0 bridgehead atoms. The lowest BCUT2D eigenvalue weighted by Gasteiger charge is -2.13. The minimum Gasteiger partial charge on any atom is -0.477 e. The topological polar surface area (TPSA) is 109 Å². The number of carboxylic acids is 1. The lowest BCUT2D eigenvalue weighted by molar-refractivity contribution is -0.0437. The van der Waals surface area contributed by atoms with Crippen LogP contribution in [0, 0.1) is 0 Å². The highest BCUT2D eigenvalue weighted by Gasteiger charge is 2.31. The predicted octanol–water partition coefficient (Wildman–Crippen LogP) is 0.112. The van der Waals surface area contributed by atoms with Gasteiger partial charge in [-0.25, -0.2) is 26.7 Å². The first kappa shape index (κ1) is 16.5. The van der Waals surface area contributed by atoms with Crippen molar-refractivity contribution in [3.63, 3.8) is 0 Å². The van der Waals surface area contributed by atoms with Crippen molar-refractivity contribution >= 4 is 16.0 Å². The summed E-state index contributed by atoms with van der Waals surface area (Å²) >= 11 is 0. The number of halogens is 2. The highest BCUT2D eigenvalue weighted by atomic mass is 32.2. The van der Waals surface area contributed by atoms with E-state index in [-0.39, 0.29) is 12.2 Å². The largest absolute Gasteiger partial charge is 0.477 e. The van der Waals surface area contributed by atoms with Crippen molar-refractivity contribution in [1.82, 2.24) is 9.29 Å². The van der Waals surface area contributed by atoms with Crippen molar-refractivity contribution in [3.8, 4) is 0 Å². The number of sulfonamides is 1. The zero-order valence-electron chi connectivity index (χ0n) is 10.5. The number of aryl methyl sites for hydroxylation is 1. The molecule has 1 aromatic heterocycles. The molecule has 0 unspecified atom stereocenters. The predicted molar refractivity (Wildman–Crippen MR) is 64.3 cm³/mol. The Morgan fingerprint density at radius 3 is 2.50 bits per heavy atom. The van der Waals surface area contributed by atoms with E-state index in [4.69, 9.17) is 10.2 Å². The van der Waals surface area contributed by atoms with Crippen LogP contribution in [0.4, 0.5) is 8.78 Å². The van der Waals surface area contributed by atoms with Crippen molar-refractivity contribution in [1.29, 1.82) is 0 Å². The lowest BCUT2D eigenvalue weighted by atomic mass is 10.4. The molecule has 114 valence electrons. The monoisotopic (exact) mass is 312 g/mol. The molecule has 0 aromatic carbocycles. The molecule has 1 rings (SSSR count). The number of aliphatic hydroxyl groups is 1. The molecule has 0 aliphatic carbocycles. The zero-order valence-corrected chi connectivity index (χ0v) is 11.3. The Labute approximate surface area is 113 Å². The van der Waals surface area contributed by atoms with Gasteiger partial charge in [0.1, 0.15) is 17.2 Å². The molecule has 0 aliphatic heterocycles. The third kappa shape index (κ3) is 3.74. The van der Waals surface area contributed by atoms with E-state index in [1.165, 1.54) is 4.57 Å². The van der Waals surface area contributed by atoms with Crippen LogP contribution < -0.4 is 4.72 Å². The van der Waals surface area contributed by atoms with Gasteiger partial charge in [-0.3, -0.25) is 0 Å². The van der Waals surface area contributed by atoms with Gasteiger partial charge in [-0.05, 0) is 13.0 Å². The number of aliphatic hydroxyl groups excluding tert-OH is 1. The number of alkyl halides is 2. The van der Waals surface area contributed by atoms with E-state index in [1.807, 2.05) is 0 Å². The first-order chi connectivity index (χ1) is 9.13. The van der Waals surface area contributed by atoms with Gasteiger partial charge in [0, 0.05) is 12.7 Å². The maximum absolute atomic E-state index is 12.8. The van der Waals surface area contributed by atoms with E-state index in [0.29, 0.717) is 0 Å². The molecule has 0 amide bonds. The van der Waals surface area contributed by atoms with Crippen molar-refractivity contribution in [2.45, 2.75) is 24.3 Å². The van der Waals surface area contributed by atoms with E-state index in [9.17, 15) is 22.0 Å². The highest BCUT2D eigenvalue weighted by Crippen LogP contribution is 2.16. The van der Waals surface area contributed by atoms with E-state index in [1.54, 1.807) is 11.6 Å². The second kappa shape index (κ2) is 5.85. The quantitative estimate of drug-likeness (QED) is 0.662. The number of rotatable bonds is 7. The van der Waals surface area contributed by atoms with Crippen LogP contribution in [0.5, 0.6) is 0 Å². The van der Waals surface area contributed by atoms with Crippen LogP contribution in [-0.4, -0.2) is 48.2 Å². The van der Waals surface area contributed by atoms with Crippen LogP contribution in [0.25, 0.3) is 0 Å². The molecule has 0 fully saturated rings. The SMILES string of the molecule is CCn1cc(S(=O)(=O)NCC(F)(F)CO)cc1C(=O)O. The molecule has 10 heteroatoms. The second-order valence-electron chi connectivity index (χ2n) is 3.99. The normalized spacial score (nSPS) is 12.6. The van der Waals surface area contributed by atoms with Gasteiger partial charge in [0.15, 0.2) is 0 Å². The molecule has 3 N–H and O–H groups in total. The fourth-order valence-electron chi connectivity index (χ4n) is 1.41. The van der Waals surface area contributed by atoms with Gasteiger partial charge < -0.3 is 14.8 Å². The fourth-order valence-corrected chi connectivity index (χ4v) is 2.51. The number of nitrogens with zero attached hydrogens (tertiary/aromatic N) is 1. The van der Waals surface area contributed by atoms with Gasteiger partial charge >= 0.3 is 5.97 Å². The summed E-state index contributed by atoms with van der Waals surface area (Å²) in [7, 11) is -4.27. The first-order valence-electron chi connectivity index (χ1n) is 5.55. The zero-order chi connectivity index (χ0) is 15.6. The van der Waals surface area contributed by atoms with Crippen molar-refractivity contribution in [2.75, 3.05) is 13.2 Å². The number of hydrogen-bond donors (Lipinski definition) is 3. The molecular formula is C10H14F2N2O5S. The molecule has 1 heterocycles. The van der Waals surface area contributed by atoms with Gasteiger partial charge in [-0.2, -0.15) is 0 Å². The van der Waals surface area contributed by atoms with Crippen molar-refractivity contribution in [2.24, 2.45) is 0 Å². The van der Waals surface area contributed by atoms with Gasteiger partial charge in [0.25, 0.3) is 5.92 Å². The molecule has 0 atom stereocenters. The van der Waals surface area contributed by atoms with Crippen LogP contribution >= 0.6 is 0 Å². The van der Waals surface area contributed by atoms with Gasteiger partial charge in [0.2, 0.25) is 10.0 Å². The van der Waals surface area contributed by atoms with E-state index < -0.39 is 40.0 Å². The van der Waals surface area contributed by atoms with Crippen molar-refractivity contribution in [3.05, 3.63) is 18.0 Å². The maximum atomic E-state index is 12.8. The molecule has 0 saturated carbocycles. The van der Waals surface area contributed by atoms with Crippen LogP contribution in [0.15, 0.2) is 17.2 Å². The number of carboxylic acid groups (broad SMARTS) is 1. The molecule has 0 aliphatic rings. The number of aromatic carboxylic acids is 1. The van der Waals surface area contributed by atoms with Gasteiger partial charge in [-0.15, -0.1) is 0 Å². The molecule has 20 heavy (non-hydrogen) atoms. The number of hydrogen-bond acceptors (Lipinski definition) is 4. The summed E-state index contributed by atoms with van der Waals surface area (Å²) in [5.41, 5.74) is -0.262. The molecule has 0 radical (unpaired) electrons. The average Bonchev–Trinajstić information content (AvgIpc) is 2.82. The smallest absolute Gasteiger partial charge is 0.352 e. The Morgan fingerprint density at radius 1 is 1.50 bits per heavy atom. The second-order valence-corrected chi connectivity index (χ2v) is 5.76. The number of nitrogens with one attached hydrogen (secondary N) is 1. The summed E-state index contributed by atoms with van der Waals surface area (Å²) in [6.45, 7) is -0.947. The maximum Gasteiger partial charge on any atom is 0.352 e. The van der Waals surface area contributed by atoms with Gasteiger partial charge in [0.05, 0.1) is 6.54 Å². The third-order valence-corrected chi connectivity index (χ3v) is 3.86. The van der Waals surface area contributed by atoms with Crippen molar-refractivity contribution < 1.29 is 32.2 Å². The summed E-state index contributed by atoms with van der Waals surface area (Å²) in [6, 6.07) is 0.880. The Hall–Kier alpha value is -1.52. The lowest BCUT2D eigenvalue weighted by Crippen LogP contribution is -2.38.